The first-order chi connectivity index (χ1) is 17.4. The second-order valence-corrected chi connectivity index (χ2v) is 8.55. The Morgan fingerprint density at radius 3 is 1.75 bits per heavy atom. The topological polar surface area (TPSA) is 114 Å². The fourth-order valence-electron chi connectivity index (χ4n) is 4.49. The molecule has 0 spiro atoms. The van der Waals surface area contributed by atoms with Gasteiger partial charge in [-0.2, -0.15) is 0 Å². The number of hydrogen-bond donors (Lipinski definition) is 2. The lowest BCUT2D eigenvalue weighted by Crippen LogP contribution is -2.50. The number of aryl methyl sites for hydroxylation is 2. The highest BCUT2D eigenvalue weighted by Crippen LogP contribution is 2.36. The Morgan fingerprint density at radius 2 is 1.25 bits per heavy atom. The van der Waals surface area contributed by atoms with Gasteiger partial charge in [-0.1, -0.05) is 42.5 Å². The zero-order chi connectivity index (χ0) is 25.5. The number of pyridine rings is 1. The number of anilines is 3. The van der Waals surface area contributed by atoms with E-state index in [0.29, 0.717) is 6.54 Å². The first-order valence-corrected chi connectivity index (χ1v) is 11.8. The Hall–Kier alpha value is -4.24. The number of fused-ring (bicyclic) bond motifs is 2. The van der Waals surface area contributed by atoms with Crippen molar-refractivity contribution in [3.05, 3.63) is 84.1 Å². The Bertz CT molecular complexity index is 1170. The van der Waals surface area contributed by atoms with Crippen molar-refractivity contribution in [1.82, 2.24) is 9.88 Å². The summed E-state index contributed by atoms with van der Waals surface area (Å²) in [6.45, 7) is 3.92. The number of carboxylic acid groups (broad SMARTS) is 2. The first kappa shape index (κ1) is 24.9. The monoisotopic (exact) mass is 488 g/mol. The van der Waals surface area contributed by atoms with Gasteiger partial charge in [0.1, 0.15) is 5.82 Å². The number of carboxylic acids is 2. The zero-order valence-corrected chi connectivity index (χ0v) is 19.8. The van der Waals surface area contributed by atoms with E-state index in [1.807, 2.05) is 41.4 Å². The van der Waals surface area contributed by atoms with Crippen molar-refractivity contribution in [1.29, 1.82) is 0 Å². The largest absolute Gasteiger partial charge is 0.473 e. The van der Waals surface area contributed by atoms with Crippen LogP contribution in [0.3, 0.4) is 0 Å². The minimum atomic E-state index is -1.82. The van der Waals surface area contributed by atoms with Crippen LogP contribution in [0.4, 0.5) is 17.2 Å². The van der Waals surface area contributed by atoms with Gasteiger partial charge in [0.05, 0.1) is 17.9 Å². The van der Waals surface area contributed by atoms with Gasteiger partial charge in [-0.05, 0) is 48.2 Å². The molecule has 0 bridgehead atoms. The third-order valence-corrected chi connectivity index (χ3v) is 6.27. The van der Waals surface area contributed by atoms with E-state index in [9.17, 15) is 4.79 Å². The van der Waals surface area contributed by atoms with Crippen LogP contribution in [0.15, 0.2) is 72.9 Å². The molecule has 0 radical (unpaired) electrons. The maximum Gasteiger partial charge on any atom is 0.414 e. The summed E-state index contributed by atoms with van der Waals surface area (Å²) in [4.78, 5) is 42.7. The van der Waals surface area contributed by atoms with Crippen LogP contribution in [0, 0.1) is 0 Å². The van der Waals surface area contributed by atoms with Crippen LogP contribution in [0.1, 0.15) is 11.1 Å². The van der Waals surface area contributed by atoms with Crippen molar-refractivity contribution in [2.24, 2.45) is 0 Å². The summed E-state index contributed by atoms with van der Waals surface area (Å²) in [5.41, 5.74) is 4.53. The highest BCUT2D eigenvalue weighted by atomic mass is 16.4. The number of aromatic nitrogens is 1. The van der Waals surface area contributed by atoms with Crippen LogP contribution in [0.5, 0.6) is 0 Å². The maximum absolute atomic E-state index is 13.6. The summed E-state index contributed by atoms with van der Waals surface area (Å²) in [6, 6.07) is 22.6. The van der Waals surface area contributed by atoms with Crippen molar-refractivity contribution in [3.8, 4) is 0 Å². The van der Waals surface area contributed by atoms with Gasteiger partial charge in [0.2, 0.25) is 5.91 Å². The van der Waals surface area contributed by atoms with Crippen molar-refractivity contribution >= 4 is 35.0 Å². The van der Waals surface area contributed by atoms with E-state index in [1.54, 1.807) is 0 Å². The molecule has 1 amide bonds. The predicted molar refractivity (Wildman–Crippen MR) is 136 cm³/mol. The molecule has 0 unspecified atom stereocenters. The molecule has 3 heterocycles. The van der Waals surface area contributed by atoms with Crippen molar-refractivity contribution < 1.29 is 24.6 Å². The molecular formula is C27H28N4O5. The van der Waals surface area contributed by atoms with Crippen LogP contribution in [-0.2, 0) is 27.2 Å². The quantitative estimate of drug-likeness (QED) is 0.541. The normalized spacial score (nSPS) is 15.0. The second kappa shape index (κ2) is 11.5. The molecule has 9 heteroatoms. The van der Waals surface area contributed by atoms with Gasteiger partial charge in [-0.15, -0.1) is 0 Å². The van der Waals surface area contributed by atoms with Gasteiger partial charge in [0, 0.05) is 32.4 Å². The molecule has 0 atom stereocenters. The van der Waals surface area contributed by atoms with Crippen LogP contribution >= 0.6 is 0 Å². The third-order valence-electron chi connectivity index (χ3n) is 6.27. The number of aliphatic carboxylic acids is 2. The Balaban J connectivity index is 0.000000455. The fourth-order valence-corrected chi connectivity index (χ4v) is 4.49. The number of amides is 1. The number of nitrogens with zero attached hydrogens (tertiary/aromatic N) is 4. The maximum atomic E-state index is 13.6. The number of carbonyl (C=O) groups is 3. The predicted octanol–water partition coefficient (Wildman–Crippen LogP) is 2.82. The molecule has 9 nitrogen and oxygen atoms in total. The van der Waals surface area contributed by atoms with Gasteiger partial charge in [0.25, 0.3) is 0 Å². The molecule has 36 heavy (non-hydrogen) atoms. The molecule has 186 valence electrons. The molecule has 2 aliphatic heterocycles. The van der Waals surface area contributed by atoms with Crippen LogP contribution in [0.25, 0.3) is 0 Å². The first-order valence-electron chi connectivity index (χ1n) is 11.8. The van der Waals surface area contributed by atoms with E-state index >= 15 is 0 Å². The average molecular weight is 489 g/mol. The third kappa shape index (κ3) is 5.87. The standard InChI is InChI=1S/C25H26N4O.C2H2O4/c30-25(19-27-15-17-28(18-16-27)24-11-5-6-14-26-24)29-22-9-3-1-7-20(22)12-13-21-8-2-4-10-23(21)29;3-1(4)2(5)6/h1-11,14H,12-13,15-19H2;(H,3,4)(H,5,6). The van der Waals surface area contributed by atoms with E-state index in [-0.39, 0.29) is 5.91 Å². The molecule has 1 fully saturated rings. The summed E-state index contributed by atoms with van der Waals surface area (Å²) < 4.78 is 0. The highest BCUT2D eigenvalue weighted by Gasteiger charge is 2.28. The van der Waals surface area contributed by atoms with E-state index in [4.69, 9.17) is 19.8 Å². The van der Waals surface area contributed by atoms with E-state index < -0.39 is 11.9 Å². The summed E-state index contributed by atoms with van der Waals surface area (Å²) in [7, 11) is 0. The number of benzene rings is 2. The summed E-state index contributed by atoms with van der Waals surface area (Å²) in [5.74, 6) is -2.49. The molecule has 0 saturated carbocycles. The lowest BCUT2D eigenvalue weighted by Gasteiger charge is -2.36. The number of carbonyl (C=O) groups excluding carboxylic acids is 1. The molecule has 0 aliphatic carbocycles. The number of para-hydroxylation sites is 2. The van der Waals surface area contributed by atoms with Gasteiger partial charge in [-0.25, -0.2) is 14.6 Å². The summed E-state index contributed by atoms with van der Waals surface area (Å²) in [5, 5.41) is 14.8. The highest BCUT2D eigenvalue weighted by molar-refractivity contribution is 6.27. The second-order valence-electron chi connectivity index (χ2n) is 8.55. The molecule has 2 aromatic carbocycles. The average Bonchev–Trinajstić information content (AvgIpc) is 3.07. The van der Waals surface area contributed by atoms with Crippen molar-refractivity contribution in [3.63, 3.8) is 0 Å². The molecule has 2 aliphatic rings. The van der Waals surface area contributed by atoms with Crippen molar-refractivity contribution in [2.45, 2.75) is 12.8 Å². The SMILES string of the molecule is O=C(CN1CCN(c2ccccn2)CC1)N1c2ccccc2CCc2ccccc21.O=C(O)C(=O)O. The fraction of sp³-hybridized carbons (Fsp3) is 0.259. The minimum absolute atomic E-state index is 0.142. The molecule has 1 aromatic heterocycles. The lowest BCUT2D eigenvalue weighted by molar-refractivity contribution is -0.159. The minimum Gasteiger partial charge on any atom is -0.473 e. The van der Waals surface area contributed by atoms with E-state index in [2.05, 4.69) is 51.2 Å². The van der Waals surface area contributed by atoms with E-state index in [1.165, 1.54) is 11.1 Å². The molecule has 5 rings (SSSR count). The molecular weight excluding hydrogens is 460 g/mol. The van der Waals surface area contributed by atoms with Crippen LogP contribution in [-0.4, -0.2) is 70.7 Å². The summed E-state index contributed by atoms with van der Waals surface area (Å²) in [6.07, 6.45) is 3.75. The Morgan fingerprint density at radius 1 is 0.722 bits per heavy atom. The molecule has 1 saturated heterocycles. The molecule has 3 aromatic rings. The molecule has 2 N–H and O–H groups in total. The summed E-state index contributed by atoms with van der Waals surface area (Å²) >= 11 is 0. The van der Waals surface area contributed by atoms with Gasteiger partial charge >= 0.3 is 11.9 Å². The Kier molecular flexibility index (Phi) is 7.92. The van der Waals surface area contributed by atoms with Crippen LogP contribution < -0.4 is 9.80 Å². The van der Waals surface area contributed by atoms with Gasteiger partial charge < -0.3 is 15.1 Å². The van der Waals surface area contributed by atoms with Crippen LogP contribution in [0.2, 0.25) is 0 Å². The van der Waals surface area contributed by atoms with Crippen molar-refractivity contribution in [2.75, 3.05) is 42.5 Å². The van der Waals surface area contributed by atoms with Gasteiger partial charge in [-0.3, -0.25) is 14.6 Å². The number of piperazine rings is 1. The number of rotatable bonds is 3. The zero-order valence-electron chi connectivity index (χ0n) is 19.8. The van der Waals surface area contributed by atoms with Gasteiger partial charge in [0.15, 0.2) is 0 Å². The smallest absolute Gasteiger partial charge is 0.414 e. The lowest BCUT2D eigenvalue weighted by atomic mass is 10.0. The number of hydrogen-bond acceptors (Lipinski definition) is 6. The van der Waals surface area contributed by atoms with E-state index in [0.717, 1.165) is 56.2 Å². The Labute approximate surface area is 209 Å².